The number of ether oxygens (including phenoxy) is 1. The molecule has 0 bridgehead atoms. The molecule has 0 heterocycles. The summed E-state index contributed by atoms with van der Waals surface area (Å²) in [6, 6.07) is 5.71. The highest BCUT2D eigenvalue weighted by atomic mass is 19.3. The average molecular weight is 286 g/mol. The summed E-state index contributed by atoms with van der Waals surface area (Å²) in [4.78, 5) is 11.9. The molecule has 1 aromatic rings. The monoisotopic (exact) mass is 286 g/mol. The second-order valence-corrected chi connectivity index (χ2v) is 4.97. The van der Waals surface area contributed by atoms with Gasteiger partial charge in [-0.1, -0.05) is 26.0 Å². The predicted molar refractivity (Wildman–Crippen MR) is 72.8 cm³/mol. The fourth-order valence-corrected chi connectivity index (χ4v) is 1.86. The topological polar surface area (TPSA) is 64.3 Å². The van der Waals surface area contributed by atoms with Gasteiger partial charge >= 0.3 is 6.61 Å². The number of carbonyl (C=O) groups is 1. The van der Waals surface area contributed by atoms with Gasteiger partial charge in [-0.2, -0.15) is 8.78 Å². The fourth-order valence-electron chi connectivity index (χ4n) is 1.86. The molecule has 0 aliphatic carbocycles. The van der Waals surface area contributed by atoms with E-state index in [1.807, 2.05) is 13.8 Å². The molecule has 1 rings (SSSR count). The summed E-state index contributed by atoms with van der Waals surface area (Å²) in [6.07, 6.45) is 0.773. The molecule has 0 saturated carbocycles. The summed E-state index contributed by atoms with van der Waals surface area (Å²) in [5, 5.41) is 2.63. The van der Waals surface area contributed by atoms with Crippen molar-refractivity contribution in [2.75, 3.05) is 6.54 Å². The first-order valence-electron chi connectivity index (χ1n) is 6.47. The van der Waals surface area contributed by atoms with E-state index in [-0.39, 0.29) is 17.4 Å². The molecular formula is C14H20F2N2O2. The van der Waals surface area contributed by atoms with Crippen molar-refractivity contribution >= 4 is 5.91 Å². The van der Waals surface area contributed by atoms with Crippen molar-refractivity contribution in [3.63, 3.8) is 0 Å². The van der Waals surface area contributed by atoms with Crippen molar-refractivity contribution in [3.8, 4) is 5.75 Å². The lowest BCUT2D eigenvalue weighted by molar-refractivity contribution is -0.0501. The second kappa shape index (κ2) is 7.79. The molecule has 112 valence electrons. The van der Waals surface area contributed by atoms with Gasteiger partial charge in [0, 0.05) is 12.6 Å². The largest absolute Gasteiger partial charge is 0.434 e. The molecule has 0 aliphatic heterocycles. The molecular weight excluding hydrogens is 266 g/mol. The van der Waals surface area contributed by atoms with Gasteiger partial charge < -0.3 is 15.8 Å². The zero-order valence-corrected chi connectivity index (χ0v) is 11.6. The van der Waals surface area contributed by atoms with Crippen LogP contribution in [0.1, 0.15) is 30.6 Å². The molecule has 1 atom stereocenters. The summed E-state index contributed by atoms with van der Waals surface area (Å²) in [5.41, 5.74) is 5.93. The molecule has 0 aromatic heterocycles. The Hall–Kier alpha value is -1.69. The van der Waals surface area contributed by atoms with Crippen LogP contribution in [0, 0.1) is 5.92 Å². The lowest BCUT2D eigenvalue weighted by atomic mass is 10.0. The molecule has 0 saturated heterocycles. The first-order valence-corrected chi connectivity index (χ1v) is 6.47. The van der Waals surface area contributed by atoms with Crippen molar-refractivity contribution in [1.29, 1.82) is 0 Å². The molecule has 3 N–H and O–H groups in total. The molecule has 0 radical (unpaired) electrons. The van der Waals surface area contributed by atoms with Crippen LogP contribution in [-0.4, -0.2) is 25.1 Å². The van der Waals surface area contributed by atoms with Crippen molar-refractivity contribution < 1.29 is 18.3 Å². The normalized spacial score (nSPS) is 12.6. The van der Waals surface area contributed by atoms with Crippen molar-refractivity contribution in [1.82, 2.24) is 5.32 Å². The Kier molecular flexibility index (Phi) is 6.38. The number of hydrogen-bond acceptors (Lipinski definition) is 3. The van der Waals surface area contributed by atoms with E-state index in [4.69, 9.17) is 5.73 Å². The minimum absolute atomic E-state index is 0.0737. The number of alkyl halides is 2. The fraction of sp³-hybridized carbons (Fsp3) is 0.500. The van der Waals surface area contributed by atoms with Gasteiger partial charge in [-0.05, 0) is 24.5 Å². The van der Waals surface area contributed by atoms with Crippen LogP contribution in [0.3, 0.4) is 0 Å². The average Bonchev–Trinajstić information content (AvgIpc) is 2.35. The van der Waals surface area contributed by atoms with Crippen LogP contribution in [0.2, 0.25) is 0 Å². The number of carbonyl (C=O) groups excluding carboxylic acids is 1. The lowest BCUT2D eigenvalue weighted by Crippen LogP contribution is -2.38. The smallest absolute Gasteiger partial charge is 0.387 e. The number of benzene rings is 1. The number of hydrogen-bond donors (Lipinski definition) is 2. The maximum atomic E-state index is 12.2. The molecule has 0 aliphatic rings. The van der Waals surface area contributed by atoms with Crippen LogP contribution in [0.15, 0.2) is 24.3 Å². The Bertz CT molecular complexity index is 439. The predicted octanol–water partition coefficient (Wildman–Crippen LogP) is 2.39. The van der Waals surface area contributed by atoms with Crippen LogP contribution in [0.25, 0.3) is 0 Å². The van der Waals surface area contributed by atoms with E-state index >= 15 is 0 Å². The van der Waals surface area contributed by atoms with E-state index in [1.165, 1.54) is 18.2 Å². The summed E-state index contributed by atoms with van der Waals surface area (Å²) in [7, 11) is 0. The van der Waals surface area contributed by atoms with Gasteiger partial charge in [0.2, 0.25) is 0 Å². The SMILES string of the molecule is CC(C)CC(N)CNC(=O)c1ccccc1OC(F)F. The maximum absolute atomic E-state index is 12.2. The highest BCUT2D eigenvalue weighted by Gasteiger charge is 2.16. The molecule has 1 aromatic carbocycles. The molecule has 0 fully saturated rings. The van der Waals surface area contributed by atoms with Gasteiger partial charge in [-0.3, -0.25) is 4.79 Å². The van der Waals surface area contributed by atoms with Gasteiger partial charge in [-0.15, -0.1) is 0 Å². The number of nitrogens with one attached hydrogen (secondary N) is 1. The van der Waals surface area contributed by atoms with E-state index < -0.39 is 12.5 Å². The van der Waals surface area contributed by atoms with E-state index in [0.29, 0.717) is 12.5 Å². The number of rotatable bonds is 7. The highest BCUT2D eigenvalue weighted by molar-refractivity contribution is 5.96. The van der Waals surface area contributed by atoms with Crippen LogP contribution in [0.4, 0.5) is 8.78 Å². The minimum atomic E-state index is -2.97. The minimum Gasteiger partial charge on any atom is -0.434 e. The van der Waals surface area contributed by atoms with Crippen LogP contribution >= 0.6 is 0 Å². The molecule has 1 unspecified atom stereocenters. The third kappa shape index (κ3) is 5.52. The highest BCUT2D eigenvalue weighted by Crippen LogP contribution is 2.20. The third-order valence-corrected chi connectivity index (χ3v) is 2.65. The standard InChI is InChI=1S/C14H20F2N2O2/c1-9(2)7-10(17)8-18-13(19)11-5-3-4-6-12(11)20-14(15)16/h3-6,9-10,14H,7-8,17H2,1-2H3,(H,18,19). The summed E-state index contributed by atoms with van der Waals surface area (Å²) in [6.45, 7) is 1.40. The van der Waals surface area contributed by atoms with Crippen molar-refractivity contribution in [2.24, 2.45) is 11.7 Å². The number of nitrogens with two attached hydrogens (primary N) is 1. The summed E-state index contributed by atoms with van der Waals surface area (Å²) in [5.74, 6) is -0.186. The Balaban J connectivity index is 2.63. The maximum Gasteiger partial charge on any atom is 0.387 e. The van der Waals surface area contributed by atoms with Gasteiger partial charge in [0.1, 0.15) is 5.75 Å². The first kappa shape index (κ1) is 16.4. The Labute approximate surface area is 117 Å². The molecule has 20 heavy (non-hydrogen) atoms. The summed E-state index contributed by atoms with van der Waals surface area (Å²) >= 11 is 0. The lowest BCUT2D eigenvalue weighted by Gasteiger charge is -2.16. The molecule has 1 amide bonds. The van der Waals surface area contributed by atoms with Crippen LogP contribution < -0.4 is 15.8 Å². The van der Waals surface area contributed by atoms with E-state index in [2.05, 4.69) is 10.1 Å². The number of halogens is 2. The van der Waals surface area contributed by atoms with Crippen molar-refractivity contribution in [2.45, 2.75) is 32.9 Å². The molecule has 0 spiro atoms. The number of amides is 1. The van der Waals surface area contributed by atoms with Gasteiger partial charge in [-0.25, -0.2) is 0 Å². The van der Waals surface area contributed by atoms with E-state index in [9.17, 15) is 13.6 Å². The van der Waals surface area contributed by atoms with E-state index in [1.54, 1.807) is 6.07 Å². The Morgan fingerprint density at radius 3 is 2.60 bits per heavy atom. The van der Waals surface area contributed by atoms with Gasteiger partial charge in [0.15, 0.2) is 0 Å². The zero-order valence-electron chi connectivity index (χ0n) is 11.6. The Morgan fingerprint density at radius 2 is 2.00 bits per heavy atom. The number of para-hydroxylation sites is 1. The quantitative estimate of drug-likeness (QED) is 0.809. The first-order chi connectivity index (χ1) is 9.40. The molecule has 6 heteroatoms. The van der Waals surface area contributed by atoms with Gasteiger partial charge in [0.05, 0.1) is 5.56 Å². The zero-order chi connectivity index (χ0) is 15.1. The molecule has 4 nitrogen and oxygen atoms in total. The second-order valence-electron chi connectivity index (χ2n) is 4.97. The van der Waals surface area contributed by atoms with E-state index in [0.717, 1.165) is 6.42 Å². The van der Waals surface area contributed by atoms with Crippen molar-refractivity contribution in [3.05, 3.63) is 29.8 Å². The summed E-state index contributed by atoms with van der Waals surface area (Å²) < 4.78 is 28.8. The van der Waals surface area contributed by atoms with Gasteiger partial charge in [0.25, 0.3) is 5.91 Å². The van der Waals surface area contributed by atoms with Crippen LogP contribution in [-0.2, 0) is 0 Å². The Morgan fingerprint density at radius 1 is 1.35 bits per heavy atom. The third-order valence-electron chi connectivity index (χ3n) is 2.65. The van der Waals surface area contributed by atoms with Crippen LogP contribution in [0.5, 0.6) is 5.75 Å².